The van der Waals surface area contributed by atoms with Crippen LogP contribution in [0.3, 0.4) is 0 Å². The maximum atomic E-state index is 12.7. The molecule has 0 spiro atoms. The van der Waals surface area contributed by atoms with E-state index in [0.29, 0.717) is 13.1 Å². The van der Waals surface area contributed by atoms with Crippen LogP contribution in [0.15, 0.2) is 29.4 Å². The third kappa shape index (κ3) is 4.87. The van der Waals surface area contributed by atoms with Gasteiger partial charge in [-0.3, -0.25) is 15.4 Å². The van der Waals surface area contributed by atoms with Crippen molar-refractivity contribution in [1.29, 1.82) is 0 Å². The van der Waals surface area contributed by atoms with E-state index in [1.165, 1.54) is 12.1 Å². The quantitative estimate of drug-likeness (QED) is 0.489. The number of nitrogens with two attached hydrogens (primary N) is 1. The Hall–Kier alpha value is -1.74. The maximum Gasteiger partial charge on any atom is 0.416 e. The molecular formula is C14H17F3N4OS. The second-order valence-corrected chi connectivity index (χ2v) is 5.68. The summed E-state index contributed by atoms with van der Waals surface area (Å²) in [6, 6.07) is 4.64. The molecule has 0 radical (unpaired) electrons. The van der Waals surface area contributed by atoms with Crippen molar-refractivity contribution in [2.45, 2.75) is 19.0 Å². The third-order valence-electron chi connectivity index (χ3n) is 3.37. The monoisotopic (exact) mass is 346 g/mol. The predicted octanol–water partition coefficient (Wildman–Crippen LogP) is 2.70. The first kappa shape index (κ1) is 17.6. The molecule has 0 aromatic heterocycles. The van der Waals surface area contributed by atoms with E-state index in [1.54, 1.807) is 4.90 Å². The number of benzene rings is 1. The first-order valence-electron chi connectivity index (χ1n) is 7.02. The summed E-state index contributed by atoms with van der Waals surface area (Å²) >= 11 is 0.941. The lowest BCUT2D eigenvalue weighted by Crippen LogP contribution is -2.36. The van der Waals surface area contributed by atoms with Crippen molar-refractivity contribution in [2.24, 2.45) is 10.2 Å². The van der Waals surface area contributed by atoms with Gasteiger partial charge < -0.3 is 4.90 Å². The molecule has 0 aliphatic carbocycles. The SMILES string of the molecule is NSCC(=NNc1cccc(C(F)(F)F)c1)C(=O)N1CCCC1. The highest BCUT2D eigenvalue weighted by Crippen LogP contribution is 2.30. The fraction of sp³-hybridized carbons (Fsp3) is 0.429. The maximum absolute atomic E-state index is 12.7. The van der Waals surface area contributed by atoms with Gasteiger partial charge in [-0.1, -0.05) is 18.0 Å². The van der Waals surface area contributed by atoms with Crippen LogP contribution in [-0.2, 0) is 11.0 Å². The molecule has 1 fully saturated rings. The van der Waals surface area contributed by atoms with Gasteiger partial charge in [-0.25, -0.2) is 0 Å². The van der Waals surface area contributed by atoms with Crippen LogP contribution in [-0.4, -0.2) is 35.4 Å². The van der Waals surface area contributed by atoms with E-state index >= 15 is 0 Å². The molecular weight excluding hydrogens is 329 g/mol. The van der Waals surface area contributed by atoms with E-state index < -0.39 is 11.7 Å². The van der Waals surface area contributed by atoms with Gasteiger partial charge in [0.1, 0.15) is 5.71 Å². The number of nitrogens with zero attached hydrogens (tertiary/aromatic N) is 2. The zero-order chi connectivity index (χ0) is 16.9. The first-order chi connectivity index (χ1) is 10.9. The number of hydrazone groups is 1. The minimum Gasteiger partial charge on any atom is -0.338 e. The normalized spacial score (nSPS) is 15.8. The predicted molar refractivity (Wildman–Crippen MR) is 85.0 cm³/mol. The number of amides is 1. The molecule has 9 heteroatoms. The highest BCUT2D eigenvalue weighted by Gasteiger charge is 2.30. The van der Waals surface area contributed by atoms with Gasteiger partial charge in [-0.15, -0.1) is 0 Å². The molecule has 1 aliphatic rings. The molecule has 1 aromatic rings. The Balaban J connectivity index is 2.12. The Kier molecular flexibility index (Phi) is 5.89. The van der Waals surface area contributed by atoms with Gasteiger partial charge in [0.15, 0.2) is 0 Å². The van der Waals surface area contributed by atoms with E-state index in [-0.39, 0.29) is 23.1 Å². The van der Waals surface area contributed by atoms with Gasteiger partial charge >= 0.3 is 6.18 Å². The first-order valence-corrected chi connectivity index (χ1v) is 8.07. The smallest absolute Gasteiger partial charge is 0.338 e. The zero-order valence-electron chi connectivity index (χ0n) is 12.3. The molecule has 1 amide bonds. The Morgan fingerprint density at radius 2 is 2.04 bits per heavy atom. The van der Waals surface area contributed by atoms with E-state index in [0.717, 1.165) is 36.9 Å². The van der Waals surface area contributed by atoms with Crippen molar-refractivity contribution >= 4 is 29.3 Å². The summed E-state index contributed by atoms with van der Waals surface area (Å²) in [5.74, 6) is -0.0543. The van der Waals surface area contributed by atoms with Crippen LogP contribution in [0.1, 0.15) is 18.4 Å². The molecule has 1 heterocycles. The fourth-order valence-corrected chi connectivity index (χ4v) is 2.57. The molecule has 1 aliphatic heterocycles. The number of carbonyl (C=O) groups is 1. The van der Waals surface area contributed by atoms with Gasteiger partial charge in [0.25, 0.3) is 5.91 Å². The molecule has 0 saturated carbocycles. The van der Waals surface area contributed by atoms with Gasteiger partial charge in [0.2, 0.25) is 0 Å². The van der Waals surface area contributed by atoms with Crippen LogP contribution >= 0.6 is 11.9 Å². The lowest BCUT2D eigenvalue weighted by Gasteiger charge is -2.16. The second kappa shape index (κ2) is 7.69. The number of anilines is 1. The second-order valence-electron chi connectivity index (χ2n) is 5.06. The fourth-order valence-electron chi connectivity index (χ4n) is 2.22. The van der Waals surface area contributed by atoms with E-state index in [2.05, 4.69) is 10.5 Å². The Morgan fingerprint density at radius 1 is 1.35 bits per heavy atom. The largest absolute Gasteiger partial charge is 0.416 e. The van der Waals surface area contributed by atoms with Crippen LogP contribution in [0, 0.1) is 0 Å². The summed E-state index contributed by atoms with van der Waals surface area (Å²) in [5, 5.41) is 9.36. The lowest BCUT2D eigenvalue weighted by molar-refractivity contribution is -0.137. The lowest BCUT2D eigenvalue weighted by atomic mass is 10.2. The Labute approximate surface area is 136 Å². The summed E-state index contributed by atoms with van der Waals surface area (Å²) in [6.07, 6.45) is -2.55. The summed E-state index contributed by atoms with van der Waals surface area (Å²) in [6.45, 7) is 1.33. The van der Waals surface area contributed by atoms with Gasteiger partial charge in [0.05, 0.1) is 17.0 Å². The summed E-state index contributed by atoms with van der Waals surface area (Å²) in [4.78, 5) is 14.0. The van der Waals surface area contributed by atoms with Gasteiger partial charge in [0, 0.05) is 13.1 Å². The van der Waals surface area contributed by atoms with Crippen LogP contribution < -0.4 is 10.6 Å². The van der Waals surface area contributed by atoms with Crippen molar-refractivity contribution < 1.29 is 18.0 Å². The van der Waals surface area contributed by atoms with Crippen molar-refractivity contribution in [3.63, 3.8) is 0 Å². The third-order valence-corrected chi connectivity index (χ3v) is 3.81. The van der Waals surface area contributed by atoms with Crippen molar-refractivity contribution in [3.8, 4) is 0 Å². The van der Waals surface area contributed by atoms with E-state index in [9.17, 15) is 18.0 Å². The van der Waals surface area contributed by atoms with Crippen LogP contribution in [0.2, 0.25) is 0 Å². The van der Waals surface area contributed by atoms with E-state index in [4.69, 9.17) is 5.14 Å². The van der Waals surface area contributed by atoms with E-state index in [1.807, 2.05) is 0 Å². The van der Waals surface area contributed by atoms with Crippen molar-refractivity contribution in [3.05, 3.63) is 29.8 Å². The zero-order valence-corrected chi connectivity index (χ0v) is 13.1. The average Bonchev–Trinajstić information content (AvgIpc) is 3.04. The van der Waals surface area contributed by atoms with Crippen LogP contribution in [0.4, 0.5) is 18.9 Å². The van der Waals surface area contributed by atoms with Crippen molar-refractivity contribution in [2.75, 3.05) is 24.3 Å². The Bertz CT molecular complexity index is 586. The summed E-state index contributed by atoms with van der Waals surface area (Å²) in [7, 11) is 0. The molecule has 5 nitrogen and oxygen atoms in total. The molecule has 0 atom stereocenters. The Morgan fingerprint density at radius 3 is 2.65 bits per heavy atom. The summed E-state index contributed by atoms with van der Waals surface area (Å²) in [5.41, 5.74) is 2.09. The number of alkyl halides is 3. The molecule has 0 bridgehead atoms. The minimum absolute atomic E-state index is 0.161. The van der Waals surface area contributed by atoms with Gasteiger partial charge in [-0.2, -0.15) is 18.3 Å². The molecule has 2 rings (SSSR count). The number of halogens is 3. The number of nitrogens with one attached hydrogen (secondary N) is 1. The molecule has 23 heavy (non-hydrogen) atoms. The van der Waals surface area contributed by atoms with Crippen LogP contribution in [0.5, 0.6) is 0 Å². The number of hydrogen-bond donors (Lipinski definition) is 2. The average molecular weight is 346 g/mol. The number of carbonyl (C=O) groups excluding carboxylic acids is 1. The topological polar surface area (TPSA) is 70.7 Å². The van der Waals surface area contributed by atoms with Crippen LogP contribution in [0.25, 0.3) is 0 Å². The molecule has 1 aromatic carbocycles. The van der Waals surface area contributed by atoms with Gasteiger partial charge in [-0.05, 0) is 31.0 Å². The number of likely N-dealkylation sites (tertiary alicyclic amines) is 1. The highest BCUT2D eigenvalue weighted by atomic mass is 32.2. The van der Waals surface area contributed by atoms with Crippen molar-refractivity contribution in [1.82, 2.24) is 4.90 Å². The standard InChI is InChI=1S/C14H17F3N4OS/c15-14(16,17)10-4-3-5-11(8-10)19-20-12(9-23-18)13(22)21-6-1-2-7-21/h3-5,8,19H,1-2,6-7,9,18H2. The summed E-state index contributed by atoms with van der Waals surface area (Å²) < 4.78 is 38.0. The molecule has 0 unspecified atom stereocenters. The molecule has 3 N–H and O–H groups in total. The molecule has 126 valence electrons. The number of hydrogen-bond acceptors (Lipinski definition) is 5. The molecule has 1 saturated heterocycles. The minimum atomic E-state index is -4.43. The highest BCUT2D eigenvalue weighted by molar-refractivity contribution is 7.97. The number of rotatable bonds is 5.